The van der Waals surface area contributed by atoms with Gasteiger partial charge in [-0.1, -0.05) is 45.8 Å². The molecule has 0 N–H and O–H groups in total. The van der Waals surface area contributed by atoms with Gasteiger partial charge in [-0.2, -0.15) is 0 Å². The van der Waals surface area contributed by atoms with Crippen molar-refractivity contribution in [1.82, 2.24) is 0 Å². The molecule has 0 bridgehead atoms. The molecule has 0 radical (unpaired) electrons. The van der Waals surface area contributed by atoms with Crippen LogP contribution in [0.25, 0.3) is 0 Å². The molecule has 0 aliphatic heterocycles. The fraction of sp³-hybridized carbons (Fsp3) is 0.917. The highest BCUT2D eigenvalue weighted by molar-refractivity contribution is 5.14. The van der Waals surface area contributed by atoms with E-state index in [9.17, 15) is 0 Å². The van der Waals surface area contributed by atoms with Gasteiger partial charge in [0.1, 0.15) is 0 Å². The molecule has 0 aromatic heterocycles. The molecule has 8 atom stereocenters. The third kappa shape index (κ3) is 2.38. The van der Waals surface area contributed by atoms with E-state index in [2.05, 4.69) is 34.3 Å². The second kappa shape index (κ2) is 5.88. The van der Waals surface area contributed by atoms with Crippen molar-refractivity contribution in [2.75, 3.05) is 0 Å². The predicted octanol–water partition coefficient (Wildman–Crippen LogP) is 7.25. The minimum Gasteiger partial charge on any atom is -0.0998 e. The summed E-state index contributed by atoms with van der Waals surface area (Å²) in [6, 6.07) is 0. The molecule has 4 rings (SSSR count). The van der Waals surface area contributed by atoms with E-state index in [0.717, 1.165) is 35.5 Å². The molecule has 4 saturated carbocycles. The van der Waals surface area contributed by atoms with Gasteiger partial charge in [-0.3, -0.25) is 0 Å². The highest BCUT2D eigenvalue weighted by Gasteiger charge is 2.59. The lowest BCUT2D eigenvalue weighted by atomic mass is 9.46. The lowest BCUT2D eigenvalue weighted by molar-refractivity contribution is -0.0956. The van der Waals surface area contributed by atoms with Crippen LogP contribution in [0.3, 0.4) is 0 Å². The Morgan fingerprint density at radius 3 is 2.21 bits per heavy atom. The molecule has 4 fully saturated rings. The van der Waals surface area contributed by atoms with Crippen molar-refractivity contribution in [3.05, 3.63) is 12.2 Å². The lowest BCUT2D eigenvalue weighted by Crippen LogP contribution is -2.51. The lowest BCUT2D eigenvalue weighted by Gasteiger charge is -2.59. The van der Waals surface area contributed by atoms with Crippen molar-refractivity contribution in [2.24, 2.45) is 46.3 Å². The maximum atomic E-state index is 4.38. The van der Waals surface area contributed by atoms with Crippen LogP contribution in [0.1, 0.15) is 91.9 Å². The van der Waals surface area contributed by atoms with Crippen molar-refractivity contribution in [3.8, 4) is 0 Å². The summed E-state index contributed by atoms with van der Waals surface area (Å²) in [6.45, 7) is 14.5. The van der Waals surface area contributed by atoms with Gasteiger partial charge in [0.05, 0.1) is 0 Å². The summed E-state index contributed by atoms with van der Waals surface area (Å²) in [7, 11) is 0. The van der Waals surface area contributed by atoms with E-state index < -0.39 is 0 Å². The van der Waals surface area contributed by atoms with Crippen LogP contribution in [0.15, 0.2) is 12.2 Å². The first-order valence-electron chi connectivity index (χ1n) is 11.0. The first-order valence-corrected chi connectivity index (χ1v) is 11.0. The maximum Gasteiger partial charge on any atom is -0.0152 e. The zero-order valence-electron chi connectivity index (χ0n) is 16.7. The van der Waals surface area contributed by atoms with Crippen molar-refractivity contribution in [1.29, 1.82) is 0 Å². The monoisotopic (exact) mass is 328 g/mol. The molecular formula is C24H40. The summed E-state index contributed by atoms with van der Waals surface area (Å²) in [5.74, 6) is 5.87. The number of fused-ring (bicyclic) bond motifs is 5. The largest absolute Gasteiger partial charge is 0.0998 e. The maximum absolute atomic E-state index is 4.38. The van der Waals surface area contributed by atoms with Gasteiger partial charge >= 0.3 is 0 Å². The second-order valence-corrected chi connectivity index (χ2v) is 10.9. The summed E-state index contributed by atoms with van der Waals surface area (Å²) >= 11 is 0. The predicted molar refractivity (Wildman–Crippen MR) is 104 cm³/mol. The topological polar surface area (TPSA) is 0 Å². The fourth-order valence-corrected chi connectivity index (χ4v) is 8.40. The standard InChI is InChI=1S/C24H40/c1-16(2)20-10-11-21-19-9-8-18-7-6-17(3)12-14-23(18,4)22(19)13-15-24(20,21)5/h17-22H,1,6-15H2,2-5H3/t17-,18?,19+,20-,21?,22?,23+,24-/m1/s1. The molecule has 3 unspecified atom stereocenters. The summed E-state index contributed by atoms with van der Waals surface area (Å²) in [4.78, 5) is 0. The summed E-state index contributed by atoms with van der Waals surface area (Å²) in [5.41, 5.74) is 2.71. The molecule has 0 saturated heterocycles. The highest BCUT2D eigenvalue weighted by atomic mass is 14.6. The smallest absolute Gasteiger partial charge is 0.0152 e. The molecule has 0 heteroatoms. The molecule has 0 heterocycles. The summed E-state index contributed by atoms with van der Waals surface area (Å²) < 4.78 is 0. The van der Waals surface area contributed by atoms with Crippen LogP contribution in [0.2, 0.25) is 0 Å². The van der Waals surface area contributed by atoms with E-state index >= 15 is 0 Å². The highest BCUT2D eigenvalue weighted by Crippen LogP contribution is 2.67. The zero-order valence-corrected chi connectivity index (χ0v) is 16.7. The molecule has 4 aliphatic rings. The molecule has 136 valence electrons. The van der Waals surface area contributed by atoms with Crippen molar-refractivity contribution in [2.45, 2.75) is 91.9 Å². The molecular weight excluding hydrogens is 288 g/mol. The van der Waals surface area contributed by atoms with Crippen LogP contribution in [0, 0.1) is 46.3 Å². The molecule has 0 nitrogen and oxygen atoms in total. The minimum atomic E-state index is 0.578. The molecule has 0 aromatic carbocycles. The quantitative estimate of drug-likeness (QED) is 0.445. The van der Waals surface area contributed by atoms with Gasteiger partial charge in [0, 0.05) is 0 Å². The summed E-state index contributed by atoms with van der Waals surface area (Å²) in [6.07, 6.45) is 15.0. The van der Waals surface area contributed by atoms with E-state index in [1.807, 2.05) is 0 Å². The summed E-state index contributed by atoms with van der Waals surface area (Å²) in [5, 5.41) is 0. The van der Waals surface area contributed by atoms with Crippen LogP contribution in [0.4, 0.5) is 0 Å². The van der Waals surface area contributed by atoms with Gasteiger partial charge in [0.2, 0.25) is 0 Å². The Hall–Kier alpha value is -0.260. The molecule has 0 spiro atoms. The van der Waals surface area contributed by atoms with Gasteiger partial charge in [0.15, 0.2) is 0 Å². The second-order valence-electron chi connectivity index (χ2n) is 10.9. The van der Waals surface area contributed by atoms with Gasteiger partial charge in [-0.25, -0.2) is 0 Å². The average molecular weight is 329 g/mol. The van der Waals surface area contributed by atoms with Crippen molar-refractivity contribution in [3.63, 3.8) is 0 Å². The van der Waals surface area contributed by atoms with Gasteiger partial charge in [0.25, 0.3) is 0 Å². The number of hydrogen-bond acceptors (Lipinski definition) is 0. The molecule has 4 aliphatic carbocycles. The third-order valence-electron chi connectivity index (χ3n) is 9.84. The Balaban J connectivity index is 1.62. The Bertz CT molecular complexity index is 504. The Kier molecular flexibility index (Phi) is 4.21. The van der Waals surface area contributed by atoms with Gasteiger partial charge in [-0.05, 0) is 105 Å². The first kappa shape index (κ1) is 17.2. The van der Waals surface area contributed by atoms with E-state index in [-0.39, 0.29) is 0 Å². The molecule has 24 heavy (non-hydrogen) atoms. The first-order chi connectivity index (χ1) is 11.4. The van der Waals surface area contributed by atoms with E-state index in [1.54, 1.807) is 6.42 Å². The Labute approximate surface area is 150 Å². The number of rotatable bonds is 1. The van der Waals surface area contributed by atoms with E-state index in [4.69, 9.17) is 0 Å². The van der Waals surface area contributed by atoms with Gasteiger partial charge in [-0.15, -0.1) is 0 Å². The van der Waals surface area contributed by atoms with Crippen molar-refractivity contribution < 1.29 is 0 Å². The van der Waals surface area contributed by atoms with E-state index in [1.165, 1.54) is 63.4 Å². The number of allylic oxidation sites excluding steroid dienone is 1. The van der Waals surface area contributed by atoms with Crippen LogP contribution < -0.4 is 0 Å². The van der Waals surface area contributed by atoms with Crippen molar-refractivity contribution >= 4 is 0 Å². The normalized spacial score (nSPS) is 54.3. The minimum absolute atomic E-state index is 0.578. The Morgan fingerprint density at radius 1 is 0.792 bits per heavy atom. The third-order valence-corrected chi connectivity index (χ3v) is 9.84. The van der Waals surface area contributed by atoms with E-state index in [0.29, 0.717) is 10.8 Å². The van der Waals surface area contributed by atoms with Crippen LogP contribution in [-0.2, 0) is 0 Å². The van der Waals surface area contributed by atoms with Crippen LogP contribution >= 0.6 is 0 Å². The molecule has 0 aromatic rings. The fourth-order valence-electron chi connectivity index (χ4n) is 8.40. The van der Waals surface area contributed by atoms with Crippen LogP contribution in [-0.4, -0.2) is 0 Å². The SMILES string of the molecule is C=C(C)[C@H]1CCC2[C@@H]3CCC4CC[C@@H](C)CC[C@]4(C)C3CC[C@@]21C. The van der Waals surface area contributed by atoms with Crippen LogP contribution in [0.5, 0.6) is 0 Å². The Morgan fingerprint density at radius 2 is 1.46 bits per heavy atom. The average Bonchev–Trinajstić information content (AvgIpc) is 2.81. The zero-order chi connectivity index (χ0) is 17.1. The molecule has 0 amide bonds. The number of hydrogen-bond donors (Lipinski definition) is 0. The van der Waals surface area contributed by atoms with Gasteiger partial charge < -0.3 is 0 Å².